The molecule has 0 unspecified atom stereocenters. The summed E-state index contributed by atoms with van der Waals surface area (Å²) in [6.07, 6.45) is 0. The molecule has 0 saturated carbocycles. The van der Waals surface area contributed by atoms with Crippen molar-refractivity contribution in [3.8, 4) is 11.5 Å². The van der Waals surface area contributed by atoms with Gasteiger partial charge in [-0.15, -0.1) is 0 Å². The van der Waals surface area contributed by atoms with E-state index in [4.69, 9.17) is 21.7 Å². The number of thiocarbonyl (C=S) groups is 1. The molecule has 2 rings (SSSR count). The third-order valence-electron chi connectivity index (χ3n) is 3.98. The second-order valence-corrected chi connectivity index (χ2v) is 7.61. The number of hydrogen-bond acceptors (Lipinski definition) is 5. The summed E-state index contributed by atoms with van der Waals surface area (Å²) in [5, 5.41) is 2.47. The Morgan fingerprint density at radius 1 is 1.00 bits per heavy atom. The number of hydrogen-bond donors (Lipinski definition) is 3. The SMILES string of the molecule is Cc1cccc(C)c1OCC(=O)NNC(=S)NC(=O)c1cccc(OCC(C)C)c1. The Bertz CT molecular complexity index is 895. The van der Waals surface area contributed by atoms with Crippen molar-refractivity contribution in [1.29, 1.82) is 0 Å². The lowest BCUT2D eigenvalue weighted by atomic mass is 10.1. The van der Waals surface area contributed by atoms with E-state index in [1.54, 1.807) is 24.3 Å². The van der Waals surface area contributed by atoms with Crippen LogP contribution < -0.4 is 25.6 Å². The van der Waals surface area contributed by atoms with Gasteiger partial charge < -0.3 is 9.47 Å². The summed E-state index contributed by atoms with van der Waals surface area (Å²) in [4.78, 5) is 24.3. The van der Waals surface area contributed by atoms with Gasteiger partial charge in [0.2, 0.25) is 0 Å². The predicted molar refractivity (Wildman–Crippen MR) is 120 cm³/mol. The van der Waals surface area contributed by atoms with Gasteiger partial charge in [-0.25, -0.2) is 0 Å². The number of rotatable bonds is 7. The zero-order valence-electron chi connectivity index (χ0n) is 17.6. The molecule has 8 heteroatoms. The summed E-state index contributed by atoms with van der Waals surface area (Å²) in [5.41, 5.74) is 7.17. The second-order valence-electron chi connectivity index (χ2n) is 7.20. The van der Waals surface area contributed by atoms with Crippen LogP contribution in [0.25, 0.3) is 0 Å². The summed E-state index contributed by atoms with van der Waals surface area (Å²) in [6, 6.07) is 12.5. The van der Waals surface area contributed by atoms with E-state index in [9.17, 15) is 9.59 Å². The molecule has 2 aromatic carbocycles. The van der Waals surface area contributed by atoms with Crippen molar-refractivity contribution in [2.75, 3.05) is 13.2 Å². The van der Waals surface area contributed by atoms with E-state index in [1.165, 1.54) is 0 Å². The van der Waals surface area contributed by atoms with Crippen LogP contribution in [0.15, 0.2) is 42.5 Å². The third-order valence-corrected chi connectivity index (χ3v) is 4.18. The molecule has 0 bridgehead atoms. The van der Waals surface area contributed by atoms with Crippen molar-refractivity contribution in [2.24, 2.45) is 5.92 Å². The zero-order valence-corrected chi connectivity index (χ0v) is 18.4. The summed E-state index contributed by atoms with van der Waals surface area (Å²) in [6.45, 7) is 8.27. The maximum Gasteiger partial charge on any atom is 0.276 e. The summed E-state index contributed by atoms with van der Waals surface area (Å²) in [5.74, 6) is 0.804. The van der Waals surface area contributed by atoms with Crippen molar-refractivity contribution in [2.45, 2.75) is 27.7 Å². The van der Waals surface area contributed by atoms with Crippen LogP contribution >= 0.6 is 12.2 Å². The van der Waals surface area contributed by atoms with Gasteiger partial charge in [-0.1, -0.05) is 38.1 Å². The first-order valence-electron chi connectivity index (χ1n) is 9.58. The van der Waals surface area contributed by atoms with Crippen LogP contribution in [0.2, 0.25) is 0 Å². The highest BCUT2D eigenvalue weighted by Crippen LogP contribution is 2.22. The molecule has 7 nitrogen and oxygen atoms in total. The van der Waals surface area contributed by atoms with Crippen LogP contribution in [0.3, 0.4) is 0 Å². The van der Waals surface area contributed by atoms with Crippen LogP contribution in [-0.2, 0) is 4.79 Å². The Labute approximate surface area is 182 Å². The molecule has 0 atom stereocenters. The fourth-order valence-electron chi connectivity index (χ4n) is 2.52. The van der Waals surface area contributed by atoms with Gasteiger partial charge in [0.1, 0.15) is 11.5 Å². The Balaban J connectivity index is 1.79. The average molecular weight is 430 g/mol. The number of hydrazine groups is 1. The number of ether oxygens (including phenoxy) is 2. The average Bonchev–Trinajstić information content (AvgIpc) is 2.70. The topological polar surface area (TPSA) is 88.7 Å². The van der Waals surface area contributed by atoms with Crippen LogP contribution in [0.5, 0.6) is 11.5 Å². The highest BCUT2D eigenvalue weighted by molar-refractivity contribution is 7.80. The molecular weight excluding hydrogens is 402 g/mol. The quantitative estimate of drug-likeness (QED) is 0.463. The summed E-state index contributed by atoms with van der Waals surface area (Å²) < 4.78 is 11.2. The molecule has 0 saturated heterocycles. The van der Waals surface area contributed by atoms with Crippen LogP contribution in [-0.4, -0.2) is 30.1 Å². The molecule has 0 fully saturated rings. The van der Waals surface area contributed by atoms with Gasteiger partial charge in [0.05, 0.1) is 6.61 Å². The minimum atomic E-state index is -0.432. The van der Waals surface area contributed by atoms with Gasteiger partial charge >= 0.3 is 0 Å². The molecule has 3 N–H and O–H groups in total. The standard InChI is InChI=1S/C22H27N3O4S/c1-14(2)12-28-18-10-6-9-17(11-18)21(27)23-22(30)25-24-19(26)13-29-20-15(3)7-5-8-16(20)4/h5-11,14H,12-13H2,1-4H3,(H,24,26)(H2,23,25,27,30). The van der Waals surface area contributed by atoms with Gasteiger partial charge in [-0.3, -0.25) is 25.8 Å². The first kappa shape index (κ1) is 23.2. The molecular formula is C22H27N3O4S. The minimum absolute atomic E-state index is 0.0334. The van der Waals surface area contributed by atoms with Crippen molar-refractivity contribution in [1.82, 2.24) is 16.2 Å². The molecule has 160 valence electrons. The monoisotopic (exact) mass is 429 g/mol. The molecule has 0 aliphatic heterocycles. The highest BCUT2D eigenvalue weighted by Gasteiger charge is 2.11. The molecule has 2 aromatic rings. The Morgan fingerprint density at radius 2 is 1.67 bits per heavy atom. The molecule has 30 heavy (non-hydrogen) atoms. The number of carbonyl (C=O) groups excluding carboxylic acids is 2. The zero-order chi connectivity index (χ0) is 22.1. The molecule has 0 heterocycles. The number of benzene rings is 2. The van der Waals surface area contributed by atoms with Crippen molar-refractivity contribution >= 4 is 29.1 Å². The van der Waals surface area contributed by atoms with Crippen LogP contribution in [0.4, 0.5) is 0 Å². The second kappa shape index (κ2) is 11.2. The van der Waals surface area contributed by atoms with Crippen LogP contribution in [0.1, 0.15) is 35.3 Å². The van der Waals surface area contributed by atoms with E-state index in [1.807, 2.05) is 45.9 Å². The van der Waals surface area contributed by atoms with Crippen molar-refractivity contribution in [3.63, 3.8) is 0 Å². The van der Waals surface area contributed by atoms with Gasteiger partial charge in [-0.05, 0) is 61.3 Å². The van der Waals surface area contributed by atoms with E-state index >= 15 is 0 Å². The smallest absolute Gasteiger partial charge is 0.276 e. The highest BCUT2D eigenvalue weighted by atomic mass is 32.1. The molecule has 0 spiro atoms. The minimum Gasteiger partial charge on any atom is -0.493 e. The summed E-state index contributed by atoms with van der Waals surface area (Å²) in [7, 11) is 0. The van der Waals surface area contributed by atoms with E-state index in [2.05, 4.69) is 16.2 Å². The fraction of sp³-hybridized carbons (Fsp3) is 0.318. The first-order chi connectivity index (χ1) is 14.3. The van der Waals surface area contributed by atoms with E-state index in [0.717, 1.165) is 11.1 Å². The van der Waals surface area contributed by atoms with Crippen LogP contribution in [0, 0.1) is 19.8 Å². The largest absolute Gasteiger partial charge is 0.493 e. The Morgan fingerprint density at radius 3 is 2.33 bits per heavy atom. The molecule has 0 radical (unpaired) electrons. The van der Waals surface area contributed by atoms with E-state index in [0.29, 0.717) is 29.6 Å². The molecule has 0 aromatic heterocycles. The predicted octanol–water partition coefficient (Wildman–Crippen LogP) is 3.05. The summed E-state index contributed by atoms with van der Waals surface area (Å²) >= 11 is 5.06. The molecule has 0 aliphatic carbocycles. The number of amides is 2. The number of nitrogens with one attached hydrogen (secondary N) is 3. The Hall–Kier alpha value is -3.13. The van der Waals surface area contributed by atoms with Crippen molar-refractivity contribution in [3.05, 3.63) is 59.2 Å². The number of carbonyl (C=O) groups is 2. The van der Waals surface area contributed by atoms with Gasteiger partial charge in [-0.2, -0.15) is 0 Å². The lowest BCUT2D eigenvalue weighted by Crippen LogP contribution is -2.49. The Kier molecular flexibility index (Phi) is 8.61. The fourth-order valence-corrected chi connectivity index (χ4v) is 2.67. The van der Waals surface area contributed by atoms with E-state index < -0.39 is 11.8 Å². The normalized spacial score (nSPS) is 10.3. The lowest BCUT2D eigenvalue weighted by molar-refractivity contribution is -0.123. The van der Waals surface area contributed by atoms with E-state index in [-0.39, 0.29) is 11.7 Å². The van der Waals surface area contributed by atoms with Crippen molar-refractivity contribution < 1.29 is 19.1 Å². The van der Waals surface area contributed by atoms with Gasteiger partial charge in [0, 0.05) is 5.56 Å². The number of aryl methyl sites for hydroxylation is 2. The lowest BCUT2D eigenvalue weighted by Gasteiger charge is -2.14. The maximum atomic E-state index is 12.3. The number of para-hydroxylation sites is 1. The third kappa shape index (κ3) is 7.36. The molecule has 2 amide bonds. The van der Waals surface area contributed by atoms with Gasteiger partial charge in [0.25, 0.3) is 11.8 Å². The molecule has 0 aliphatic rings. The first-order valence-corrected chi connectivity index (χ1v) is 9.99. The van der Waals surface area contributed by atoms with Gasteiger partial charge in [0.15, 0.2) is 11.7 Å². The maximum absolute atomic E-state index is 12.3.